The minimum absolute atomic E-state index is 0.181. The highest BCUT2D eigenvalue weighted by atomic mass is 16.5. The molecule has 0 atom stereocenters. The molecule has 2 aromatic rings. The third-order valence-corrected chi connectivity index (χ3v) is 5.01. The summed E-state index contributed by atoms with van der Waals surface area (Å²) in [6.07, 6.45) is 8.83. The molecule has 0 radical (unpaired) electrons. The van der Waals surface area contributed by atoms with Crippen LogP contribution in [0.2, 0.25) is 0 Å². The summed E-state index contributed by atoms with van der Waals surface area (Å²) in [5.74, 6) is 1.76. The lowest BCUT2D eigenvalue weighted by Gasteiger charge is -2.28. The summed E-state index contributed by atoms with van der Waals surface area (Å²) in [7, 11) is 0. The van der Waals surface area contributed by atoms with Crippen molar-refractivity contribution in [2.24, 2.45) is 0 Å². The van der Waals surface area contributed by atoms with Gasteiger partial charge in [-0.25, -0.2) is 0 Å². The summed E-state index contributed by atoms with van der Waals surface area (Å²) in [6.45, 7) is 20.7. The highest BCUT2D eigenvalue weighted by molar-refractivity contribution is 5.48. The van der Waals surface area contributed by atoms with Gasteiger partial charge in [0.25, 0.3) is 0 Å². The molecule has 0 aromatic heterocycles. The number of benzene rings is 2. The first kappa shape index (κ1) is 22.3. The molecule has 0 aliphatic heterocycles. The standard InChI is InChI=1S/C27H32O2/c1-7-11-21-19-23(13-15-25(21)28-17-9-3)27(5,6)24-14-16-26(29-18-10-4)22(20-24)12-8-2/h7-10,13-16,19-20H,1-4,11-12,17-18H2,5-6H3. The lowest BCUT2D eigenvalue weighted by Crippen LogP contribution is -2.20. The molecule has 0 saturated heterocycles. The fourth-order valence-electron chi connectivity index (χ4n) is 3.31. The topological polar surface area (TPSA) is 18.5 Å². The Balaban J connectivity index is 2.44. The van der Waals surface area contributed by atoms with Crippen LogP contribution in [-0.4, -0.2) is 13.2 Å². The van der Waals surface area contributed by atoms with Crippen molar-refractivity contribution >= 4 is 0 Å². The van der Waals surface area contributed by atoms with E-state index in [-0.39, 0.29) is 5.41 Å². The summed E-state index contributed by atoms with van der Waals surface area (Å²) in [6, 6.07) is 12.8. The SMILES string of the molecule is C=CCOc1ccc(C(C)(C)c2ccc(OCC=C)c(CC=C)c2)cc1CC=C. The van der Waals surface area contributed by atoms with Crippen molar-refractivity contribution < 1.29 is 9.47 Å². The predicted molar refractivity (Wildman–Crippen MR) is 124 cm³/mol. The molecule has 0 amide bonds. The van der Waals surface area contributed by atoms with Crippen LogP contribution in [0.4, 0.5) is 0 Å². The van der Waals surface area contributed by atoms with Crippen molar-refractivity contribution in [3.8, 4) is 11.5 Å². The molecule has 2 heteroatoms. The molecule has 0 unspecified atom stereocenters. The van der Waals surface area contributed by atoms with Gasteiger partial charge in [0.15, 0.2) is 0 Å². The van der Waals surface area contributed by atoms with Crippen molar-refractivity contribution in [1.29, 1.82) is 0 Å². The van der Waals surface area contributed by atoms with E-state index in [1.165, 1.54) is 11.1 Å². The quantitative estimate of drug-likeness (QED) is 0.381. The zero-order chi connectivity index (χ0) is 21.3. The molecule has 0 aliphatic rings. The van der Waals surface area contributed by atoms with Crippen molar-refractivity contribution in [2.75, 3.05) is 13.2 Å². The Morgan fingerprint density at radius 1 is 0.690 bits per heavy atom. The minimum Gasteiger partial charge on any atom is -0.489 e. The van der Waals surface area contributed by atoms with E-state index >= 15 is 0 Å². The van der Waals surface area contributed by atoms with E-state index in [0.717, 1.165) is 35.5 Å². The van der Waals surface area contributed by atoms with Gasteiger partial charge in [0.2, 0.25) is 0 Å². The van der Waals surface area contributed by atoms with Gasteiger partial charge in [-0.1, -0.05) is 75.6 Å². The molecule has 0 fully saturated rings. The van der Waals surface area contributed by atoms with Gasteiger partial charge in [-0.15, -0.1) is 13.2 Å². The van der Waals surface area contributed by atoms with E-state index < -0.39 is 0 Å². The van der Waals surface area contributed by atoms with Crippen LogP contribution >= 0.6 is 0 Å². The second-order valence-corrected chi connectivity index (χ2v) is 7.45. The van der Waals surface area contributed by atoms with Gasteiger partial charge in [0.05, 0.1) is 0 Å². The van der Waals surface area contributed by atoms with Crippen molar-refractivity contribution in [2.45, 2.75) is 32.1 Å². The van der Waals surface area contributed by atoms with Gasteiger partial charge >= 0.3 is 0 Å². The molecule has 152 valence electrons. The van der Waals surface area contributed by atoms with E-state index in [1.807, 2.05) is 24.3 Å². The van der Waals surface area contributed by atoms with Gasteiger partial charge in [0, 0.05) is 5.41 Å². The number of hydrogen-bond donors (Lipinski definition) is 0. The molecule has 2 rings (SSSR count). The Kier molecular flexibility index (Phi) is 8.09. The molecule has 2 nitrogen and oxygen atoms in total. The zero-order valence-electron chi connectivity index (χ0n) is 17.7. The average molecular weight is 389 g/mol. The zero-order valence-corrected chi connectivity index (χ0v) is 17.7. The van der Waals surface area contributed by atoms with E-state index in [1.54, 1.807) is 12.2 Å². The summed E-state index contributed by atoms with van der Waals surface area (Å²) in [4.78, 5) is 0. The van der Waals surface area contributed by atoms with E-state index in [0.29, 0.717) is 13.2 Å². The van der Waals surface area contributed by atoms with Crippen LogP contribution < -0.4 is 9.47 Å². The maximum atomic E-state index is 5.82. The Morgan fingerprint density at radius 3 is 1.45 bits per heavy atom. The highest BCUT2D eigenvalue weighted by Crippen LogP contribution is 2.36. The van der Waals surface area contributed by atoms with Crippen LogP contribution in [-0.2, 0) is 18.3 Å². The van der Waals surface area contributed by atoms with Crippen LogP contribution in [0.25, 0.3) is 0 Å². The molecule has 2 aromatic carbocycles. The Morgan fingerprint density at radius 2 is 1.10 bits per heavy atom. The molecule has 29 heavy (non-hydrogen) atoms. The molecule has 0 heterocycles. The first-order valence-electron chi connectivity index (χ1n) is 9.93. The van der Waals surface area contributed by atoms with E-state index in [4.69, 9.17) is 9.47 Å². The normalized spacial score (nSPS) is 10.8. The fraction of sp³-hybridized carbons (Fsp3) is 0.259. The number of ether oxygens (including phenoxy) is 2. The average Bonchev–Trinajstić information content (AvgIpc) is 2.72. The first-order valence-corrected chi connectivity index (χ1v) is 9.93. The molecule has 0 aliphatic carbocycles. The van der Waals surface area contributed by atoms with Gasteiger partial charge in [0.1, 0.15) is 24.7 Å². The number of hydrogen-bond acceptors (Lipinski definition) is 2. The van der Waals surface area contributed by atoms with Crippen LogP contribution in [0.1, 0.15) is 36.1 Å². The third-order valence-electron chi connectivity index (χ3n) is 5.01. The lowest BCUT2D eigenvalue weighted by molar-refractivity contribution is 0.359. The molecule has 0 bridgehead atoms. The van der Waals surface area contributed by atoms with Crippen molar-refractivity contribution in [1.82, 2.24) is 0 Å². The number of rotatable bonds is 12. The van der Waals surface area contributed by atoms with Crippen LogP contribution in [0.5, 0.6) is 11.5 Å². The Hall–Kier alpha value is -3.00. The lowest BCUT2D eigenvalue weighted by atomic mass is 9.77. The Bertz CT molecular complexity index is 803. The second kappa shape index (κ2) is 10.5. The number of allylic oxidation sites excluding steroid dienone is 2. The summed E-state index contributed by atoms with van der Waals surface area (Å²) in [5.41, 5.74) is 4.53. The predicted octanol–water partition coefficient (Wildman–Crippen LogP) is 6.60. The van der Waals surface area contributed by atoms with Crippen LogP contribution in [0.3, 0.4) is 0 Å². The van der Waals surface area contributed by atoms with Gasteiger partial charge in [-0.3, -0.25) is 0 Å². The smallest absolute Gasteiger partial charge is 0.123 e. The molecule has 0 spiro atoms. The first-order chi connectivity index (χ1) is 14.0. The summed E-state index contributed by atoms with van der Waals surface area (Å²) < 4.78 is 11.6. The molecular weight excluding hydrogens is 356 g/mol. The van der Waals surface area contributed by atoms with Gasteiger partial charge in [-0.2, -0.15) is 0 Å². The maximum absolute atomic E-state index is 5.82. The van der Waals surface area contributed by atoms with Gasteiger partial charge in [-0.05, 0) is 47.2 Å². The second-order valence-electron chi connectivity index (χ2n) is 7.45. The van der Waals surface area contributed by atoms with Gasteiger partial charge < -0.3 is 9.47 Å². The fourth-order valence-corrected chi connectivity index (χ4v) is 3.31. The maximum Gasteiger partial charge on any atom is 0.123 e. The monoisotopic (exact) mass is 388 g/mol. The van der Waals surface area contributed by atoms with Crippen molar-refractivity contribution in [3.63, 3.8) is 0 Å². The van der Waals surface area contributed by atoms with Crippen LogP contribution in [0.15, 0.2) is 87.0 Å². The van der Waals surface area contributed by atoms with E-state index in [9.17, 15) is 0 Å². The summed E-state index contributed by atoms with van der Waals surface area (Å²) in [5, 5.41) is 0. The largest absolute Gasteiger partial charge is 0.489 e. The molecule has 0 saturated carbocycles. The highest BCUT2D eigenvalue weighted by Gasteiger charge is 2.25. The third kappa shape index (κ3) is 5.51. The minimum atomic E-state index is -0.181. The van der Waals surface area contributed by atoms with E-state index in [2.05, 4.69) is 64.4 Å². The Labute approximate surface area is 175 Å². The summed E-state index contributed by atoms with van der Waals surface area (Å²) >= 11 is 0. The van der Waals surface area contributed by atoms with Crippen molar-refractivity contribution in [3.05, 3.63) is 109 Å². The van der Waals surface area contributed by atoms with Crippen LogP contribution in [0, 0.1) is 0 Å². The molecule has 0 N–H and O–H groups in total. The molecular formula is C27H32O2.